The van der Waals surface area contributed by atoms with Crippen molar-refractivity contribution in [2.75, 3.05) is 4.72 Å². The second-order valence-electron chi connectivity index (χ2n) is 3.79. The third-order valence-electron chi connectivity index (χ3n) is 2.08. The first kappa shape index (κ1) is 18.3. The van der Waals surface area contributed by atoms with Gasteiger partial charge >= 0.3 is 0 Å². The highest BCUT2D eigenvalue weighted by molar-refractivity contribution is 8.00. The highest BCUT2D eigenvalue weighted by atomic mass is 32.2. The van der Waals surface area contributed by atoms with E-state index in [1.807, 2.05) is 39.0 Å². The van der Waals surface area contributed by atoms with Crippen molar-refractivity contribution < 1.29 is 0 Å². The molecular weight excluding hydrogens is 262 g/mol. The summed E-state index contributed by atoms with van der Waals surface area (Å²) in [6.45, 7) is 11.3. The fourth-order valence-electron chi connectivity index (χ4n) is 1.23. The van der Waals surface area contributed by atoms with Gasteiger partial charge in [0.2, 0.25) is 0 Å². The molecule has 0 aliphatic carbocycles. The monoisotopic (exact) mass is 287 g/mol. The molecule has 0 unspecified atom stereocenters. The van der Waals surface area contributed by atoms with Gasteiger partial charge in [-0.3, -0.25) is 0 Å². The van der Waals surface area contributed by atoms with Gasteiger partial charge < -0.3 is 4.72 Å². The molecule has 0 spiro atoms. The van der Waals surface area contributed by atoms with Crippen LogP contribution in [0.3, 0.4) is 0 Å². The fraction of sp³-hybridized carbons (Fsp3) is 0.222. The van der Waals surface area contributed by atoms with Crippen molar-refractivity contribution >= 4 is 17.6 Å². The molecule has 0 saturated carbocycles. The van der Waals surface area contributed by atoms with Crippen molar-refractivity contribution in [3.8, 4) is 0 Å². The Hall–Kier alpha value is -1.67. The summed E-state index contributed by atoms with van der Waals surface area (Å²) in [5.74, 6) is 0. The first-order valence-corrected chi connectivity index (χ1v) is 7.69. The summed E-state index contributed by atoms with van der Waals surface area (Å²) in [6.07, 6.45) is 1.75. The van der Waals surface area contributed by atoms with Crippen molar-refractivity contribution in [1.29, 1.82) is 0 Å². The molecule has 0 bridgehead atoms. The average molecular weight is 287 g/mol. The molecule has 0 aliphatic rings. The maximum absolute atomic E-state index is 3.36. The summed E-state index contributed by atoms with van der Waals surface area (Å²) in [6, 6.07) is 18.7. The molecule has 2 rings (SSSR count). The van der Waals surface area contributed by atoms with Crippen LogP contribution in [0.15, 0.2) is 72.1 Å². The molecular formula is C18H25NS. The van der Waals surface area contributed by atoms with Crippen LogP contribution in [-0.4, -0.2) is 0 Å². The number of para-hydroxylation sites is 1. The molecule has 1 nitrogen and oxygen atoms in total. The van der Waals surface area contributed by atoms with E-state index in [2.05, 4.69) is 54.6 Å². The number of allylic oxidation sites excluding steroid dienone is 1. The average Bonchev–Trinajstić information content (AvgIpc) is 2.51. The molecule has 0 fully saturated rings. The maximum Gasteiger partial charge on any atom is 0.0443 e. The van der Waals surface area contributed by atoms with E-state index < -0.39 is 0 Å². The van der Waals surface area contributed by atoms with Crippen molar-refractivity contribution in [3.63, 3.8) is 0 Å². The zero-order valence-corrected chi connectivity index (χ0v) is 13.7. The molecule has 0 amide bonds. The van der Waals surface area contributed by atoms with Crippen LogP contribution in [0, 0.1) is 6.92 Å². The van der Waals surface area contributed by atoms with E-state index in [1.165, 1.54) is 10.5 Å². The Morgan fingerprint density at radius 3 is 1.95 bits per heavy atom. The molecule has 0 atom stereocenters. The number of anilines is 1. The van der Waals surface area contributed by atoms with Crippen molar-refractivity contribution in [1.82, 2.24) is 0 Å². The first-order chi connectivity index (χ1) is 9.76. The van der Waals surface area contributed by atoms with Gasteiger partial charge in [-0.2, -0.15) is 0 Å². The van der Waals surface area contributed by atoms with Gasteiger partial charge in [-0.25, -0.2) is 0 Å². The van der Waals surface area contributed by atoms with Crippen LogP contribution in [0.5, 0.6) is 0 Å². The Morgan fingerprint density at radius 2 is 1.45 bits per heavy atom. The minimum atomic E-state index is 1.13. The molecule has 0 radical (unpaired) electrons. The van der Waals surface area contributed by atoms with Crippen LogP contribution in [-0.2, 0) is 0 Å². The lowest BCUT2D eigenvalue weighted by molar-refractivity contribution is 1.38. The molecule has 2 heteroatoms. The van der Waals surface area contributed by atoms with Crippen LogP contribution in [0.2, 0.25) is 0 Å². The largest absolute Gasteiger partial charge is 0.326 e. The zero-order chi connectivity index (χ0) is 15.2. The Balaban J connectivity index is 0.000000641. The number of aryl methyl sites for hydroxylation is 1. The van der Waals surface area contributed by atoms with E-state index in [0.717, 1.165) is 5.69 Å². The number of hydrogen-bond acceptors (Lipinski definition) is 2. The second kappa shape index (κ2) is 12.4. The smallest absolute Gasteiger partial charge is 0.0443 e. The zero-order valence-electron chi connectivity index (χ0n) is 12.9. The molecule has 2 aromatic rings. The quantitative estimate of drug-likeness (QED) is 0.522. The lowest BCUT2D eigenvalue weighted by Gasteiger charge is -2.04. The summed E-state index contributed by atoms with van der Waals surface area (Å²) >= 11 is 1.63. The Kier molecular flexibility index (Phi) is 11.3. The third-order valence-corrected chi connectivity index (χ3v) is 2.93. The summed E-state index contributed by atoms with van der Waals surface area (Å²) in [4.78, 5) is 1.23. The van der Waals surface area contributed by atoms with E-state index in [1.54, 1.807) is 18.0 Å². The van der Waals surface area contributed by atoms with Crippen LogP contribution >= 0.6 is 11.9 Å². The van der Waals surface area contributed by atoms with Gasteiger partial charge in [0.15, 0.2) is 0 Å². The van der Waals surface area contributed by atoms with Gasteiger partial charge in [0.25, 0.3) is 0 Å². The van der Waals surface area contributed by atoms with Crippen LogP contribution < -0.4 is 4.72 Å². The number of hydrogen-bond donors (Lipinski definition) is 1. The van der Waals surface area contributed by atoms with Crippen molar-refractivity contribution in [2.24, 2.45) is 0 Å². The van der Waals surface area contributed by atoms with E-state index >= 15 is 0 Å². The molecule has 0 aliphatic heterocycles. The van der Waals surface area contributed by atoms with Crippen LogP contribution in [0.25, 0.3) is 0 Å². The maximum atomic E-state index is 3.36. The molecule has 108 valence electrons. The topological polar surface area (TPSA) is 12.0 Å². The van der Waals surface area contributed by atoms with E-state index in [-0.39, 0.29) is 0 Å². The molecule has 0 aromatic heterocycles. The molecule has 0 heterocycles. The van der Waals surface area contributed by atoms with Gasteiger partial charge in [0, 0.05) is 10.6 Å². The lowest BCUT2D eigenvalue weighted by Crippen LogP contribution is -1.85. The fourth-order valence-corrected chi connectivity index (χ4v) is 1.87. The number of rotatable bonds is 3. The van der Waals surface area contributed by atoms with E-state index in [9.17, 15) is 0 Å². The van der Waals surface area contributed by atoms with Crippen molar-refractivity contribution in [3.05, 3.63) is 72.8 Å². The Bertz CT molecular complexity index is 449. The predicted octanol–water partition coefficient (Wildman–Crippen LogP) is 6.33. The van der Waals surface area contributed by atoms with Gasteiger partial charge in [-0.1, -0.05) is 55.8 Å². The first-order valence-electron chi connectivity index (χ1n) is 6.88. The minimum absolute atomic E-state index is 1.13. The van der Waals surface area contributed by atoms with E-state index in [0.29, 0.717) is 0 Å². The highest BCUT2D eigenvalue weighted by Gasteiger charge is 1.93. The normalized spacial score (nSPS) is 8.40. The second-order valence-corrected chi connectivity index (χ2v) is 4.67. The van der Waals surface area contributed by atoms with E-state index in [4.69, 9.17) is 0 Å². The van der Waals surface area contributed by atoms with Crippen LogP contribution in [0.4, 0.5) is 5.69 Å². The highest BCUT2D eigenvalue weighted by Crippen LogP contribution is 2.20. The molecule has 0 saturated heterocycles. The molecule has 2 aromatic carbocycles. The molecule has 20 heavy (non-hydrogen) atoms. The summed E-state index contributed by atoms with van der Waals surface area (Å²) < 4.78 is 3.30. The third kappa shape index (κ3) is 8.44. The van der Waals surface area contributed by atoms with Gasteiger partial charge in [-0.15, -0.1) is 6.58 Å². The van der Waals surface area contributed by atoms with Gasteiger partial charge in [-0.05, 0) is 50.1 Å². The predicted molar refractivity (Wildman–Crippen MR) is 94.3 cm³/mol. The number of nitrogens with one attached hydrogen (secondary N) is 1. The minimum Gasteiger partial charge on any atom is -0.326 e. The standard InChI is InChI=1S/C13H13NS.C3H6.C2H6/c1-11-7-9-13(10-8-11)15-14-12-5-3-2-4-6-12;1-3-2;1-2/h2-10,14H,1H3;3H,1H2,2H3;1-2H3. The summed E-state index contributed by atoms with van der Waals surface area (Å²) in [7, 11) is 0. The SMILES string of the molecule is C=CC.CC.Cc1ccc(SNc2ccccc2)cc1. The van der Waals surface area contributed by atoms with Crippen molar-refractivity contribution in [2.45, 2.75) is 32.6 Å². The summed E-state index contributed by atoms with van der Waals surface area (Å²) in [5.41, 5.74) is 2.42. The Labute approximate surface area is 128 Å². The van der Waals surface area contributed by atoms with Gasteiger partial charge in [0.05, 0.1) is 0 Å². The van der Waals surface area contributed by atoms with Gasteiger partial charge in [0.1, 0.15) is 0 Å². The molecule has 1 N–H and O–H groups in total. The summed E-state index contributed by atoms with van der Waals surface area (Å²) in [5, 5.41) is 0. The van der Waals surface area contributed by atoms with Crippen LogP contribution in [0.1, 0.15) is 26.3 Å². The Morgan fingerprint density at radius 1 is 0.950 bits per heavy atom. The lowest BCUT2D eigenvalue weighted by atomic mass is 10.2. The number of benzene rings is 2.